The van der Waals surface area contributed by atoms with Crippen molar-refractivity contribution in [2.45, 2.75) is 19.8 Å². The third-order valence-electron chi connectivity index (χ3n) is 4.66. The Labute approximate surface area is 156 Å². The molecular weight excluding hydrogens is 348 g/mol. The second-order valence-electron chi connectivity index (χ2n) is 6.39. The molecule has 140 valence electrons. The van der Waals surface area contributed by atoms with Gasteiger partial charge in [0.25, 0.3) is 0 Å². The molecule has 9 heteroatoms. The summed E-state index contributed by atoms with van der Waals surface area (Å²) in [5, 5.41) is 7.38. The Morgan fingerprint density at radius 3 is 2.56 bits per heavy atom. The van der Waals surface area contributed by atoms with Crippen LogP contribution in [-0.2, 0) is 11.2 Å². The summed E-state index contributed by atoms with van der Waals surface area (Å²) in [6, 6.07) is 3.57. The molecule has 0 unspecified atom stereocenters. The maximum Gasteiger partial charge on any atom is 0.225 e. The van der Waals surface area contributed by atoms with Crippen molar-refractivity contribution in [1.82, 2.24) is 25.2 Å². The van der Waals surface area contributed by atoms with Crippen molar-refractivity contribution in [1.29, 1.82) is 0 Å². The van der Waals surface area contributed by atoms with Gasteiger partial charge in [0.05, 0.1) is 23.7 Å². The molecule has 4 rings (SSSR count). The molecule has 1 fully saturated rings. The van der Waals surface area contributed by atoms with Gasteiger partial charge in [-0.3, -0.25) is 4.79 Å². The van der Waals surface area contributed by atoms with Gasteiger partial charge in [0, 0.05) is 57.4 Å². The normalized spacial score (nSPS) is 14.6. The van der Waals surface area contributed by atoms with Crippen molar-refractivity contribution in [3.8, 4) is 11.3 Å². The number of hydrogen-bond donors (Lipinski definition) is 0. The molecule has 0 bridgehead atoms. The molecule has 1 amide bonds. The summed E-state index contributed by atoms with van der Waals surface area (Å²) in [6.07, 6.45) is 5.95. The summed E-state index contributed by atoms with van der Waals surface area (Å²) in [4.78, 5) is 25.4. The molecule has 1 aliphatic rings. The molecule has 0 aliphatic carbocycles. The minimum Gasteiger partial charge on any atom is -0.361 e. The molecule has 3 aromatic heterocycles. The number of anilines is 1. The SMILES string of the molecule is Cc1nc(N2CCN(C(=O)CCc3ccno3)CC2)ncc1-c1ccno1. The zero-order chi connectivity index (χ0) is 18.6. The van der Waals surface area contributed by atoms with Gasteiger partial charge in [-0.05, 0) is 6.92 Å². The molecule has 0 spiro atoms. The summed E-state index contributed by atoms with van der Waals surface area (Å²) in [7, 11) is 0. The Morgan fingerprint density at radius 2 is 1.89 bits per heavy atom. The van der Waals surface area contributed by atoms with Gasteiger partial charge in [-0.2, -0.15) is 0 Å². The zero-order valence-electron chi connectivity index (χ0n) is 15.0. The number of carbonyl (C=O) groups excluding carboxylic acids is 1. The lowest BCUT2D eigenvalue weighted by Gasteiger charge is -2.34. The highest BCUT2D eigenvalue weighted by atomic mass is 16.5. The van der Waals surface area contributed by atoms with E-state index in [9.17, 15) is 4.79 Å². The van der Waals surface area contributed by atoms with Gasteiger partial charge in [-0.15, -0.1) is 0 Å². The summed E-state index contributed by atoms with van der Waals surface area (Å²) in [5.74, 6) is 2.19. The van der Waals surface area contributed by atoms with E-state index in [1.54, 1.807) is 30.7 Å². The van der Waals surface area contributed by atoms with E-state index in [2.05, 4.69) is 25.2 Å². The lowest BCUT2D eigenvalue weighted by Crippen LogP contribution is -2.49. The Balaban J connectivity index is 1.33. The van der Waals surface area contributed by atoms with Crippen molar-refractivity contribution in [3.63, 3.8) is 0 Å². The lowest BCUT2D eigenvalue weighted by atomic mass is 10.2. The van der Waals surface area contributed by atoms with Crippen molar-refractivity contribution >= 4 is 11.9 Å². The van der Waals surface area contributed by atoms with Crippen LogP contribution in [0.4, 0.5) is 5.95 Å². The Hall–Kier alpha value is -3.23. The topological polar surface area (TPSA) is 101 Å². The number of piperazine rings is 1. The number of rotatable bonds is 5. The second-order valence-corrected chi connectivity index (χ2v) is 6.39. The van der Waals surface area contributed by atoms with Crippen LogP contribution in [0.5, 0.6) is 0 Å². The van der Waals surface area contributed by atoms with Gasteiger partial charge in [0.2, 0.25) is 11.9 Å². The molecule has 1 saturated heterocycles. The molecule has 9 nitrogen and oxygen atoms in total. The molecule has 4 heterocycles. The fourth-order valence-corrected chi connectivity index (χ4v) is 3.12. The van der Waals surface area contributed by atoms with E-state index in [-0.39, 0.29) is 5.91 Å². The van der Waals surface area contributed by atoms with E-state index in [1.165, 1.54) is 0 Å². The molecule has 0 radical (unpaired) electrons. The first-order chi connectivity index (χ1) is 13.2. The van der Waals surface area contributed by atoms with Crippen molar-refractivity contribution < 1.29 is 13.8 Å². The van der Waals surface area contributed by atoms with E-state index in [4.69, 9.17) is 9.05 Å². The maximum absolute atomic E-state index is 12.4. The van der Waals surface area contributed by atoms with Gasteiger partial charge < -0.3 is 18.8 Å². The summed E-state index contributed by atoms with van der Waals surface area (Å²) in [6.45, 7) is 4.64. The average molecular weight is 368 g/mol. The van der Waals surface area contributed by atoms with E-state index in [0.29, 0.717) is 50.7 Å². The number of carbonyl (C=O) groups is 1. The average Bonchev–Trinajstić information content (AvgIpc) is 3.40. The molecule has 0 N–H and O–H groups in total. The molecule has 3 aromatic rings. The summed E-state index contributed by atoms with van der Waals surface area (Å²) >= 11 is 0. The van der Waals surface area contributed by atoms with Gasteiger partial charge in [0.15, 0.2) is 5.76 Å². The predicted molar refractivity (Wildman–Crippen MR) is 95.9 cm³/mol. The molecule has 0 saturated carbocycles. The number of aromatic nitrogens is 4. The smallest absolute Gasteiger partial charge is 0.225 e. The van der Waals surface area contributed by atoms with E-state index in [0.717, 1.165) is 17.0 Å². The van der Waals surface area contributed by atoms with Crippen LogP contribution in [0.3, 0.4) is 0 Å². The van der Waals surface area contributed by atoms with Crippen LogP contribution in [0.2, 0.25) is 0 Å². The second kappa shape index (κ2) is 7.56. The summed E-state index contributed by atoms with van der Waals surface area (Å²) in [5.41, 5.74) is 1.67. The van der Waals surface area contributed by atoms with Crippen LogP contribution in [0, 0.1) is 6.92 Å². The van der Waals surface area contributed by atoms with E-state index in [1.807, 2.05) is 11.8 Å². The highest BCUT2D eigenvalue weighted by Gasteiger charge is 2.23. The predicted octanol–water partition coefficient (Wildman–Crippen LogP) is 1.71. The molecule has 0 aromatic carbocycles. The first kappa shape index (κ1) is 17.2. The maximum atomic E-state index is 12.4. The number of aryl methyl sites for hydroxylation is 2. The van der Waals surface area contributed by atoms with E-state index >= 15 is 0 Å². The van der Waals surface area contributed by atoms with Crippen LogP contribution in [0.1, 0.15) is 17.9 Å². The number of amides is 1. The lowest BCUT2D eigenvalue weighted by molar-refractivity contribution is -0.131. The number of nitrogens with zero attached hydrogens (tertiary/aromatic N) is 6. The minimum absolute atomic E-state index is 0.129. The van der Waals surface area contributed by atoms with Gasteiger partial charge in [-0.1, -0.05) is 10.3 Å². The monoisotopic (exact) mass is 368 g/mol. The fraction of sp³-hybridized carbons (Fsp3) is 0.389. The first-order valence-corrected chi connectivity index (χ1v) is 8.87. The Morgan fingerprint density at radius 1 is 1.11 bits per heavy atom. The third-order valence-corrected chi connectivity index (χ3v) is 4.66. The van der Waals surface area contributed by atoms with Crippen LogP contribution in [0.25, 0.3) is 11.3 Å². The van der Waals surface area contributed by atoms with Crippen LogP contribution < -0.4 is 4.90 Å². The number of hydrogen-bond acceptors (Lipinski definition) is 8. The first-order valence-electron chi connectivity index (χ1n) is 8.87. The standard InChI is InChI=1S/C18H20N6O3/c1-13-15(16-5-7-21-27-16)12-19-18(22-13)24-10-8-23(9-11-24)17(25)3-2-14-4-6-20-26-14/h4-7,12H,2-3,8-11H2,1H3. The van der Waals surface area contributed by atoms with Crippen molar-refractivity contribution in [2.24, 2.45) is 0 Å². The molecule has 0 atom stereocenters. The zero-order valence-corrected chi connectivity index (χ0v) is 15.0. The Bertz CT molecular complexity index is 886. The van der Waals surface area contributed by atoms with Crippen LogP contribution >= 0.6 is 0 Å². The van der Waals surface area contributed by atoms with Crippen LogP contribution in [-0.4, -0.2) is 57.3 Å². The largest absolute Gasteiger partial charge is 0.361 e. The van der Waals surface area contributed by atoms with Gasteiger partial charge >= 0.3 is 0 Å². The Kier molecular flexibility index (Phi) is 4.82. The minimum atomic E-state index is 0.129. The molecule has 1 aliphatic heterocycles. The molecular formula is C18H20N6O3. The highest BCUT2D eigenvalue weighted by molar-refractivity contribution is 5.76. The summed E-state index contributed by atoms with van der Waals surface area (Å²) < 4.78 is 10.2. The van der Waals surface area contributed by atoms with Crippen molar-refractivity contribution in [3.05, 3.63) is 42.2 Å². The van der Waals surface area contributed by atoms with E-state index < -0.39 is 0 Å². The molecule has 27 heavy (non-hydrogen) atoms. The van der Waals surface area contributed by atoms with Crippen molar-refractivity contribution in [2.75, 3.05) is 31.1 Å². The van der Waals surface area contributed by atoms with Gasteiger partial charge in [0.1, 0.15) is 5.76 Å². The quantitative estimate of drug-likeness (QED) is 0.671. The highest BCUT2D eigenvalue weighted by Crippen LogP contribution is 2.23. The van der Waals surface area contributed by atoms with Crippen LogP contribution in [0.15, 0.2) is 39.8 Å². The third kappa shape index (κ3) is 3.81. The fourth-order valence-electron chi connectivity index (χ4n) is 3.12. The van der Waals surface area contributed by atoms with Gasteiger partial charge in [-0.25, -0.2) is 9.97 Å².